The van der Waals surface area contributed by atoms with Crippen LogP contribution in [0.1, 0.15) is 30.1 Å². The number of benzene rings is 1. The third-order valence-corrected chi connectivity index (χ3v) is 4.09. The average molecular weight is 329 g/mol. The number of hydrogen-bond acceptors (Lipinski definition) is 3. The molecule has 2 fully saturated rings. The van der Waals surface area contributed by atoms with Crippen LogP contribution in [0.5, 0.6) is 0 Å². The second-order valence-corrected chi connectivity index (χ2v) is 5.86. The first-order valence-corrected chi connectivity index (χ1v) is 7.52. The van der Waals surface area contributed by atoms with E-state index >= 15 is 0 Å². The second kappa shape index (κ2) is 7.40. The first-order chi connectivity index (χ1) is 10.1. The maximum atomic E-state index is 13.3. The standard InChI is InChI=1S/C16H21FN2O2.ClH/c1-11-8-12(2-5-14(11)17)15-10-19(6-7-21-15)16(20)9-18-13-3-4-13;/h2,5,8,13,15,18H,3-4,6-7,9-10H2,1H3;1H. The molecule has 1 heterocycles. The van der Waals surface area contributed by atoms with Gasteiger partial charge in [0.2, 0.25) is 5.91 Å². The molecule has 1 saturated heterocycles. The molecule has 1 amide bonds. The fourth-order valence-electron chi connectivity index (χ4n) is 2.58. The van der Waals surface area contributed by atoms with E-state index in [4.69, 9.17) is 4.74 Å². The lowest BCUT2D eigenvalue weighted by atomic mass is 10.0. The van der Waals surface area contributed by atoms with Gasteiger partial charge in [0.1, 0.15) is 11.9 Å². The smallest absolute Gasteiger partial charge is 0.236 e. The molecule has 1 aliphatic heterocycles. The zero-order valence-electron chi connectivity index (χ0n) is 12.7. The van der Waals surface area contributed by atoms with Crippen molar-refractivity contribution in [1.29, 1.82) is 0 Å². The third-order valence-electron chi connectivity index (χ3n) is 4.09. The minimum atomic E-state index is -0.212. The second-order valence-electron chi connectivity index (χ2n) is 5.86. The molecule has 1 atom stereocenters. The highest BCUT2D eigenvalue weighted by Gasteiger charge is 2.27. The highest BCUT2D eigenvalue weighted by atomic mass is 35.5. The Hall–Kier alpha value is -1.17. The molecular weight excluding hydrogens is 307 g/mol. The Balaban J connectivity index is 0.00000176. The van der Waals surface area contributed by atoms with Crippen molar-refractivity contribution >= 4 is 18.3 Å². The van der Waals surface area contributed by atoms with Crippen LogP contribution >= 0.6 is 12.4 Å². The number of rotatable bonds is 4. The van der Waals surface area contributed by atoms with E-state index in [-0.39, 0.29) is 30.2 Å². The normalized spacial score (nSPS) is 21.4. The van der Waals surface area contributed by atoms with E-state index in [1.165, 1.54) is 18.9 Å². The van der Waals surface area contributed by atoms with E-state index in [0.29, 0.717) is 37.8 Å². The highest BCUT2D eigenvalue weighted by Crippen LogP contribution is 2.24. The van der Waals surface area contributed by atoms with Crippen molar-refractivity contribution in [3.05, 3.63) is 35.1 Å². The van der Waals surface area contributed by atoms with Crippen LogP contribution in [0, 0.1) is 12.7 Å². The maximum Gasteiger partial charge on any atom is 0.236 e. The summed E-state index contributed by atoms with van der Waals surface area (Å²) in [6.07, 6.45) is 2.18. The van der Waals surface area contributed by atoms with Crippen LogP contribution in [0.2, 0.25) is 0 Å². The van der Waals surface area contributed by atoms with Gasteiger partial charge in [0, 0.05) is 12.6 Å². The fraction of sp³-hybridized carbons (Fsp3) is 0.562. The lowest BCUT2D eigenvalue weighted by molar-refractivity contribution is -0.138. The summed E-state index contributed by atoms with van der Waals surface area (Å²) >= 11 is 0. The first kappa shape index (κ1) is 17.2. The van der Waals surface area contributed by atoms with E-state index in [1.54, 1.807) is 19.1 Å². The number of nitrogens with zero attached hydrogens (tertiary/aromatic N) is 1. The third kappa shape index (κ3) is 4.18. The number of amides is 1. The number of halogens is 2. The molecule has 0 spiro atoms. The monoisotopic (exact) mass is 328 g/mol. The number of ether oxygens (including phenoxy) is 1. The molecule has 4 nitrogen and oxygen atoms in total. The van der Waals surface area contributed by atoms with Crippen LogP contribution in [-0.4, -0.2) is 43.1 Å². The van der Waals surface area contributed by atoms with Gasteiger partial charge in [0.15, 0.2) is 0 Å². The minimum Gasteiger partial charge on any atom is -0.370 e. The molecule has 2 aliphatic rings. The number of carbonyl (C=O) groups is 1. The van der Waals surface area contributed by atoms with Crippen LogP contribution in [0.3, 0.4) is 0 Å². The Bertz CT molecular complexity index is 537. The number of carbonyl (C=O) groups excluding carboxylic acids is 1. The Kier molecular flexibility index (Phi) is 5.78. The van der Waals surface area contributed by atoms with Crippen LogP contribution in [0.4, 0.5) is 4.39 Å². The van der Waals surface area contributed by atoms with Gasteiger partial charge in [-0.05, 0) is 37.0 Å². The molecule has 1 aromatic rings. The van der Waals surface area contributed by atoms with Gasteiger partial charge in [-0.3, -0.25) is 4.79 Å². The van der Waals surface area contributed by atoms with Crippen LogP contribution in [0.25, 0.3) is 0 Å². The Morgan fingerprint density at radius 1 is 1.45 bits per heavy atom. The first-order valence-electron chi connectivity index (χ1n) is 7.52. The van der Waals surface area contributed by atoms with Gasteiger partial charge in [-0.25, -0.2) is 4.39 Å². The van der Waals surface area contributed by atoms with Gasteiger partial charge in [0.25, 0.3) is 0 Å². The molecule has 3 rings (SSSR count). The predicted octanol–water partition coefficient (Wildman–Crippen LogP) is 2.21. The molecular formula is C16H22ClFN2O2. The van der Waals surface area contributed by atoms with Crippen molar-refractivity contribution in [3.63, 3.8) is 0 Å². The molecule has 1 unspecified atom stereocenters. The van der Waals surface area contributed by atoms with E-state index in [1.807, 2.05) is 4.90 Å². The van der Waals surface area contributed by atoms with E-state index in [9.17, 15) is 9.18 Å². The van der Waals surface area contributed by atoms with E-state index < -0.39 is 0 Å². The summed E-state index contributed by atoms with van der Waals surface area (Å²) in [6, 6.07) is 5.54. The summed E-state index contributed by atoms with van der Waals surface area (Å²) in [4.78, 5) is 14.0. The van der Waals surface area contributed by atoms with E-state index in [2.05, 4.69) is 5.32 Å². The molecule has 1 aromatic carbocycles. The predicted molar refractivity (Wildman–Crippen MR) is 84.7 cm³/mol. The van der Waals surface area contributed by atoms with Crippen molar-refractivity contribution < 1.29 is 13.9 Å². The van der Waals surface area contributed by atoms with Crippen LogP contribution in [-0.2, 0) is 9.53 Å². The summed E-state index contributed by atoms with van der Waals surface area (Å²) in [5.41, 5.74) is 1.54. The Labute approximate surface area is 136 Å². The molecule has 0 bridgehead atoms. The molecule has 122 valence electrons. The van der Waals surface area contributed by atoms with Gasteiger partial charge in [0.05, 0.1) is 19.7 Å². The number of hydrogen-bond donors (Lipinski definition) is 1. The lowest BCUT2D eigenvalue weighted by Crippen LogP contribution is -2.46. The Morgan fingerprint density at radius 2 is 2.23 bits per heavy atom. The Morgan fingerprint density at radius 3 is 2.91 bits per heavy atom. The van der Waals surface area contributed by atoms with Crippen LogP contribution < -0.4 is 5.32 Å². The topological polar surface area (TPSA) is 41.6 Å². The van der Waals surface area contributed by atoms with Crippen LogP contribution in [0.15, 0.2) is 18.2 Å². The van der Waals surface area contributed by atoms with Crippen molar-refractivity contribution in [3.8, 4) is 0 Å². The molecule has 1 N–H and O–H groups in total. The summed E-state index contributed by atoms with van der Waals surface area (Å²) in [7, 11) is 0. The molecule has 1 aliphatic carbocycles. The van der Waals surface area contributed by atoms with Crippen molar-refractivity contribution in [2.45, 2.75) is 31.9 Å². The average Bonchev–Trinajstić information content (AvgIpc) is 3.32. The van der Waals surface area contributed by atoms with Gasteiger partial charge < -0.3 is 15.0 Å². The summed E-state index contributed by atoms with van der Waals surface area (Å²) in [5, 5.41) is 3.24. The molecule has 0 aromatic heterocycles. The van der Waals surface area contributed by atoms with Crippen molar-refractivity contribution in [1.82, 2.24) is 10.2 Å². The van der Waals surface area contributed by atoms with Crippen molar-refractivity contribution in [2.24, 2.45) is 0 Å². The van der Waals surface area contributed by atoms with Gasteiger partial charge >= 0.3 is 0 Å². The van der Waals surface area contributed by atoms with Crippen molar-refractivity contribution in [2.75, 3.05) is 26.2 Å². The summed E-state index contributed by atoms with van der Waals surface area (Å²) in [5.74, 6) is -0.0924. The highest BCUT2D eigenvalue weighted by molar-refractivity contribution is 5.85. The summed E-state index contributed by atoms with van der Waals surface area (Å²) < 4.78 is 19.1. The quantitative estimate of drug-likeness (QED) is 0.921. The van der Waals surface area contributed by atoms with E-state index in [0.717, 1.165) is 5.56 Å². The number of aryl methyl sites for hydroxylation is 1. The summed E-state index contributed by atoms with van der Waals surface area (Å²) in [6.45, 7) is 3.83. The fourth-order valence-corrected chi connectivity index (χ4v) is 2.58. The lowest BCUT2D eigenvalue weighted by Gasteiger charge is -2.33. The minimum absolute atomic E-state index is 0. The van der Waals surface area contributed by atoms with Gasteiger partial charge in [-0.1, -0.05) is 12.1 Å². The van der Waals surface area contributed by atoms with Gasteiger partial charge in [-0.15, -0.1) is 12.4 Å². The maximum absolute atomic E-state index is 13.3. The molecule has 22 heavy (non-hydrogen) atoms. The SMILES string of the molecule is Cc1cc(C2CN(C(=O)CNC3CC3)CCO2)ccc1F.Cl. The van der Waals surface area contributed by atoms with Gasteiger partial charge in [-0.2, -0.15) is 0 Å². The molecule has 6 heteroatoms. The largest absolute Gasteiger partial charge is 0.370 e. The zero-order valence-corrected chi connectivity index (χ0v) is 13.5. The zero-order chi connectivity index (χ0) is 14.8. The number of morpholine rings is 1. The molecule has 1 saturated carbocycles. The molecule has 0 radical (unpaired) electrons. The number of nitrogens with one attached hydrogen (secondary N) is 1.